The van der Waals surface area contributed by atoms with E-state index in [9.17, 15) is 0 Å². The van der Waals surface area contributed by atoms with Gasteiger partial charge in [-0.15, -0.1) is 0 Å². The summed E-state index contributed by atoms with van der Waals surface area (Å²) < 4.78 is 0. The topological polar surface area (TPSA) is 36.9 Å². The fourth-order valence-electron chi connectivity index (χ4n) is 0.573. The Hall–Kier alpha value is -1.52. The first-order valence-corrected chi connectivity index (χ1v) is 3.26. The van der Waals surface area contributed by atoms with E-state index in [1.165, 1.54) is 0 Å². The van der Waals surface area contributed by atoms with Crippen LogP contribution in [0.15, 0.2) is 43.2 Å². The Morgan fingerprint density at radius 3 is 2.50 bits per heavy atom. The molecule has 4 heteroatoms. The molecule has 0 radical (unpaired) electrons. The summed E-state index contributed by atoms with van der Waals surface area (Å²) >= 11 is 0. The SMILES string of the molecule is C=COOOOc1ccccc1. The van der Waals surface area contributed by atoms with Crippen LogP contribution in [0.3, 0.4) is 0 Å². The van der Waals surface area contributed by atoms with Crippen molar-refractivity contribution in [2.75, 3.05) is 0 Å². The fourth-order valence-corrected chi connectivity index (χ4v) is 0.573. The van der Waals surface area contributed by atoms with Crippen molar-refractivity contribution in [3.05, 3.63) is 43.2 Å². The molecule has 0 amide bonds. The van der Waals surface area contributed by atoms with Crippen molar-refractivity contribution in [2.45, 2.75) is 0 Å². The van der Waals surface area contributed by atoms with E-state index >= 15 is 0 Å². The second kappa shape index (κ2) is 5.17. The monoisotopic (exact) mass is 168 g/mol. The van der Waals surface area contributed by atoms with E-state index in [2.05, 4.69) is 26.4 Å². The molecular weight excluding hydrogens is 160 g/mol. The minimum Gasteiger partial charge on any atom is -0.314 e. The van der Waals surface area contributed by atoms with Gasteiger partial charge in [0.1, 0.15) is 6.26 Å². The molecule has 0 unspecified atom stereocenters. The van der Waals surface area contributed by atoms with Crippen LogP contribution in [0, 0.1) is 0 Å². The molecule has 1 rings (SSSR count). The van der Waals surface area contributed by atoms with Gasteiger partial charge in [0.25, 0.3) is 0 Å². The van der Waals surface area contributed by atoms with Crippen molar-refractivity contribution in [1.82, 2.24) is 0 Å². The van der Waals surface area contributed by atoms with Crippen molar-refractivity contribution >= 4 is 0 Å². The average molecular weight is 168 g/mol. The van der Waals surface area contributed by atoms with Gasteiger partial charge < -0.3 is 9.78 Å². The first kappa shape index (κ1) is 8.58. The van der Waals surface area contributed by atoms with Crippen molar-refractivity contribution in [3.8, 4) is 5.75 Å². The summed E-state index contributed by atoms with van der Waals surface area (Å²) in [4.78, 5) is 8.78. The quantitative estimate of drug-likeness (QED) is 0.291. The van der Waals surface area contributed by atoms with Crippen LogP contribution in [0.5, 0.6) is 5.75 Å². The molecule has 0 spiro atoms. The zero-order valence-corrected chi connectivity index (χ0v) is 6.30. The van der Waals surface area contributed by atoms with Crippen LogP contribution in [-0.4, -0.2) is 0 Å². The predicted octanol–water partition coefficient (Wildman–Crippen LogP) is 2.00. The number of rotatable bonds is 5. The van der Waals surface area contributed by atoms with Gasteiger partial charge in [0.05, 0.1) is 0 Å². The summed E-state index contributed by atoms with van der Waals surface area (Å²) in [6.45, 7) is 3.22. The minimum absolute atomic E-state index is 0.519. The molecule has 64 valence electrons. The minimum atomic E-state index is 0.519. The van der Waals surface area contributed by atoms with Gasteiger partial charge in [-0.3, -0.25) is 0 Å². The van der Waals surface area contributed by atoms with Crippen molar-refractivity contribution in [1.29, 1.82) is 0 Å². The van der Waals surface area contributed by atoms with Crippen molar-refractivity contribution < 1.29 is 19.9 Å². The third-order valence-electron chi connectivity index (χ3n) is 1.01. The summed E-state index contributed by atoms with van der Waals surface area (Å²) in [5.41, 5.74) is 0. The molecule has 1 aromatic rings. The van der Waals surface area contributed by atoms with Crippen molar-refractivity contribution in [3.63, 3.8) is 0 Å². The Kier molecular flexibility index (Phi) is 3.70. The Balaban J connectivity index is 2.20. The molecule has 1 aromatic carbocycles. The highest BCUT2D eigenvalue weighted by Crippen LogP contribution is 2.08. The van der Waals surface area contributed by atoms with E-state index in [4.69, 9.17) is 0 Å². The van der Waals surface area contributed by atoms with E-state index in [0.29, 0.717) is 5.75 Å². The van der Waals surface area contributed by atoms with Crippen LogP contribution in [0.25, 0.3) is 0 Å². The molecule has 12 heavy (non-hydrogen) atoms. The fraction of sp³-hybridized carbons (Fsp3) is 0. The van der Waals surface area contributed by atoms with Gasteiger partial charge >= 0.3 is 0 Å². The lowest BCUT2D eigenvalue weighted by molar-refractivity contribution is -0.592. The lowest BCUT2D eigenvalue weighted by Crippen LogP contribution is -1.96. The van der Waals surface area contributed by atoms with Crippen LogP contribution in [-0.2, 0) is 15.0 Å². The second-order valence-electron chi connectivity index (χ2n) is 1.80. The Morgan fingerprint density at radius 1 is 1.08 bits per heavy atom. The maximum absolute atomic E-state index is 4.61. The number of hydrogen-bond acceptors (Lipinski definition) is 4. The van der Waals surface area contributed by atoms with E-state index in [1.54, 1.807) is 24.3 Å². The zero-order chi connectivity index (χ0) is 8.65. The summed E-state index contributed by atoms with van der Waals surface area (Å²) in [6.07, 6.45) is 1.06. The Labute approximate surface area is 69.7 Å². The second-order valence-corrected chi connectivity index (χ2v) is 1.80. The normalized spacial score (nSPS) is 9.00. The molecule has 0 aliphatic rings. The molecule has 0 N–H and O–H groups in total. The third-order valence-corrected chi connectivity index (χ3v) is 1.01. The molecule has 0 aliphatic carbocycles. The first-order chi connectivity index (χ1) is 5.93. The van der Waals surface area contributed by atoms with Crippen LogP contribution < -0.4 is 4.89 Å². The molecular formula is C8H8O4. The summed E-state index contributed by atoms with van der Waals surface area (Å²) in [5, 5.41) is 8.21. The van der Waals surface area contributed by atoms with E-state index < -0.39 is 0 Å². The lowest BCUT2D eigenvalue weighted by atomic mass is 10.3. The van der Waals surface area contributed by atoms with Gasteiger partial charge in [0.15, 0.2) is 5.75 Å². The maximum Gasteiger partial charge on any atom is 0.168 e. The van der Waals surface area contributed by atoms with E-state index in [1.807, 2.05) is 6.07 Å². The Bertz CT molecular complexity index is 222. The standard InChI is InChI=1S/C8H8O4/c1-2-9-11-12-10-8-6-4-3-5-7-8/h2-7H,1H2. The summed E-state index contributed by atoms with van der Waals surface area (Å²) in [5.74, 6) is 0.519. The van der Waals surface area contributed by atoms with Gasteiger partial charge in [-0.1, -0.05) is 24.8 Å². The van der Waals surface area contributed by atoms with Gasteiger partial charge in [-0.25, -0.2) is 0 Å². The molecule has 0 aliphatic heterocycles. The molecule has 4 nitrogen and oxygen atoms in total. The summed E-state index contributed by atoms with van der Waals surface area (Å²) in [6, 6.07) is 8.86. The molecule has 0 aromatic heterocycles. The molecule has 0 bridgehead atoms. The highest BCUT2D eigenvalue weighted by molar-refractivity contribution is 5.19. The molecule has 0 atom stereocenters. The van der Waals surface area contributed by atoms with Crippen LogP contribution in [0.1, 0.15) is 0 Å². The Morgan fingerprint density at radius 2 is 1.83 bits per heavy atom. The van der Waals surface area contributed by atoms with Crippen molar-refractivity contribution in [2.24, 2.45) is 0 Å². The molecule has 0 heterocycles. The van der Waals surface area contributed by atoms with Gasteiger partial charge in [0, 0.05) is 10.1 Å². The molecule has 0 saturated carbocycles. The first-order valence-electron chi connectivity index (χ1n) is 3.26. The highest BCUT2D eigenvalue weighted by atomic mass is 17.7. The third kappa shape index (κ3) is 3.05. The smallest absolute Gasteiger partial charge is 0.168 e. The highest BCUT2D eigenvalue weighted by Gasteiger charge is 1.91. The van der Waals surface area contributed by atoms with Gasteiger partial charge in [-0.05, 0) is 12.1 Å². The van der Waals surface area contributed by atoms with Crippen LogP contribution in [0.4, 0.5) is 0 Å². The number of para-hydroxylation sites is 1. The van der Waals surface area contributed by atoms with E-state index in [0.717, 1.165) is 6.26 Å². The summed E-state index contributed by atoms with van der Waals surface area (Å²) in [7, 11) is 0. The van der Waals surface area contributed by atoms with Gasteiger partial charge in [0.2, 0.25) is 0 Å². The van der Waals surface area contributed by atoms with E-state index in [-0.39, 0.29) is 0 Å². The van der Waals surface area contributed by atoms with Crippen LogP contribution in [0.2, 0.25) is 0 Å². The van der Waals surface area contributed by atoms with Gasteiger partial charge in [-0.2, -0.15) is 0 Å². The number of hydrogen-bond donors (Lipinski definition) is 0. The molecule has 0 fully saturated rings. The van der Waals surface area contributed by atoms with Crippen LogP contribution >= 0.6 is 0 Å². The lowest BCUT2D eigenvalue weighted by Gasteiger charge is -1.99. The largest absolute Gasteiger partial charge is 0.314 e. The maximum atomic E-state index is 4.61. The number of benzene rings is 1. The average Bonchev–Trinajstić information content (AvgIpc) is 2.14. The predicted molar refractivity (Wildman–Crippen MR) is 40.5 cm³/mol. The molecule has 0 saturated heterocycles. The zero-order valence-electron chi connectivity index (χ0n) is 6.30.